The van der Waals surface area contributed by atoms with Crippen LogP contribution in [0.15, 0.2) is 43.0 Å². The van der Waals surface area contributed by atoms with Crippen molar-refractivity contribution >= 4 is 17.3 Å². The maximum Gasteiger partial charge on any atom is 0.0625 e. The van der Waals surface area contributed by atoms with Gasteiger partial charge in [-0.1, -0.05) is 55.8 Å². The number of allylic oxidation sites excluding steroid dienone is 3. The van der Waals surface area contributed by atoms with Crippen LogP contribution in [0, 0.1) is 30.1 Å². The Bertz CT molecular complexity index is 603. The van der Waals surface area contributed by atoms with Gasteiger partial charge in [0, 0.05) is 11.7 Å². The lowest BCUT2D eigenvalue weighted by Crippen LogP contribution is -2.22. The Morgan fingerprint density at radius 2 is 1.96 bits per heavy atom. The fourth-order valence-corrected chi connectivity index (χ4v) is 4.83. The van der Waals surface area contributed by atoms with Gasteiger partial charge in [0.05, 0.1) is 6.07 Å². The molecule has 1 aliphatic carbocycles. The van der Waals surface area contributed by atoms with E-state index in [0.29, 0.717) is 11.2 Å². The first-order valence-corrected chi connectivity index (χ1v) is 10.0. The van der Waals surface area contributed by atoms with Crippen molar-refractivity contribution in [1.29, 1.82) is 5.26 Å². The first kappa shape index (κ1) is 21.1. The zero-order valence-corrected chi connectivity index (χ0v) is 16.1. The van der Waals surface area contributed by atoms with Crippen LogP contribution in [0.25, 0.3) is 5.57 Å². The number of hydrogen-bond donors (Lipinski definition) is 0. The lowest BCUT2D eigenvalue weighted by atomic mass is 9.87. The molecule has 0 saturated heterocycles. The van der Waals surface area contributed by atoms with E-state index in [2.05, 4.69) is 67.6 Å². The molecule has 1 aromatic carbocycles. The Kier molecular flexibility index (Phi) is 10.5. The topological polar surface area (TPSA) is 23.8 Å². The smallest absolute Gasteiger partial charge is 0.0625 e. The van der Waals surface area contributed by atoms with E-state index in [4.69, 9.17) is 5.26 Å². The van der Waals surface area contributed by atoms with Crippen LogP contribution in [0.3, 0.4) is 0 Å². The summed E-state index contributed by atoms with van der Waals surface area (Å²) in [4.78, 5) is 0. The maximum atomic E-state index is 8.98. The molecule has 0 N–H and O–H groups in total. The summed E-state index contributed by atoms with van der Waals surface area (Å²) in [6.45, 7) is 5.90. The van der Waals surface area contributed by atoms with Gasteiger partial charge in [0.1, 0.15) is 0 Å². The van der Waals surface area contributed by atoms with E-state index in [1.54, 1.807) is 0 Å². The number of nitrogens with zero attached hydrogens (tertiary/aromatic N) is 1. The summed E-state index contributed by atoms with van der Waals surface area (Å²) in [5, 5.41) is 9.67. The SMILES string of the molecule is C#C.C=C/C(=C\C)c1ccc(CCSC2CCCCC2CC#N)cc1. The Labute approximate surface area is 158 Å². The Balaban J connectivity index is 0.00000151. The van der Waals surface area contributed by atoms with E-state index in [-0.39, 0.29) is 0 Å². The summed E-state index contributed by atoms with van der Waals surface area (Å²) in [5.41, 5.74) is 3.82. The normalized spacial score (nSPS) is 20.0. The number of terminal acetylenes is 1. The van der Waals surface area contributed by atoms with Crippen LogP contribution in [0.1, 0.15) is 50.2 Å². The van der Waals surface area contributed by atoms with Crippen molar-refractivity contribution in [1.82, 2.24) is 0 Å². The summed E-state index contributed by atoms with van der Waals surface area (Å²) in [6.07, 6.45) is 19.0. The van der Waals surface area contributed by atoms with E-state index in [1.807, 2.05) is 13.0 Å². The zero-order valence-electron chi connectivity index (χ0n) is 15.3. The minimum absolute atomic E-state index is 0.617. The Morgan fingerprint density at radius 1 is 1.28 bits per heavy atom. The van der Waals surface area contributed by atoms with Gasteiger partial charge in [0.2, 0.25) is 0 Å². The molecule has 0 bridgehead atoms. The van der Waals surface area contributed by atoms with E-state index in [9.17, 15) is 0 Å². The Hall–Kier alpha value is -1.90. The molecule has 132 valence electrons. The van der Waals surface area contributed by atoms with Crippen molar-refractivity contribution in [3.63, 3.8) is 0 Å². The summed E-state index contributed by atoms with van der Waals surface area (Å²) in [7, 11) is 0. The third-order valence-electron chi connectivity index (χ3n) is 4.73. The Morgan fingerprint density at radius 3 is 2.56 bits per heavy atom. The summed E-state index contributed by atoms with van der Waals surface area (Å²) < 4.78 is 0. The van der Waals surface area contributed by atoms with Gasteiger partial charge in [-0.2, -0.15) is 17.0 Å². The molecule has 1 nitrogen and oxygen atoms in total. The first-order valence-electron chi connectivity index (χ1n) is 8.98. The molecule has 2 rings (SSSR count). The third-order valence-corrected chi connectivity index (χ3v) is 6.22. The fraction of sp³-hybridized carbons (Fsp3) is 0.435. The highest BCUT2D eigenvalue weighted by atomic mass is 32.2. The quantitative estimate of drug-likeness (QED) is 0.427. The van der Waals surface area contributed by atoms with Crippen LogP contribution in [0.2, 0.25) is 0 Å². The van der Waals surface area contributed by atoms with Crippen LogP contribution in [-0.4, -0.2) is 11.0 Å². The predicted octanol–water partition coefficient (Wildman–Crippen LogP) is 6.27. The standard InChI is InChI=1S/C21H27NS.C2H2/c1-3-18(4-2)19-11-9-17(10-12-19)14-16-23-21-8-6-5-7-20(21)13-15-22;1-2/h3-4,9-12,20-21H,1,5-8,13-14,16H2,2H3;1-2H/b18-4+;. The number of thioether (sulfide) groups is 1. The second kappa shape index (κ2) is 12.5. The maximum absolute atomic E-state index is 8.98. The van der Waals surface area contributed by atoms with Gasteiger partial charge in [-0.25, -0.2) is 0 Å². The molecule has 0 aliphatic heterocycles. The molecule has 1 fully saturated rings. The second-order valence-corrected chi connectivity index (χ2v) is 7.56. The number of rotatable bonds is 7. The number of nitriles is 1. The lowest BCUT2D eigenvalue weighted by molar-refractivity contribution is 0.376. The molecule has 1 aliphatic rings. The van der Waals surface area contributed by atoms with Gasteiger partial charge in [-0.3, -0.25) is 0 Å². The number of aryl methyl sites for hydroxylation is 1. The average molecular weight is 352 g/mol. The molecule has 2 atom stereocenters. The van der Waals surface area contributed by atoms with Crippen molar-refractivity contribution in [3.8, 4) is 18.9 Å². The van der Waals surface area contributed by atoms with Crippen molar-refractivity contribution in [2.75, 3.05) is 5.75 Å². The van der Waals surface area contributed by atoms with Gasteiger partial charge in [0.25, 0.3) is 0 Å². The monoisotopic (exact) mass is 351 g/mol. The molecule has 1 saturated carbocycles. The summed E-state index contributed by atoms with van der Waals surface area (Å²) >= 11 is 2.08. The van der Waals surface area contributed by atoms with Gasteiger partial charge >= 0.3 is 0 Å². The van der Waals surface area contributed by atoms with Crippen LogP contribution < -0.4 is 0 Å². The van der Waals surface area contributed by atoms with Crippen LogP contribution >= 0.6 is 11.8 Å². The predicted molar refractivity (Wildman–Crippen MR) is 112 cm³/mol. The highest BCUT2D eigenvalue weighted by Crippen LogP contribution is 2.35. The van der Waals surface area contributed by atoms with Crippen molar-refractivity contribution in [3.05, 3.63) is 54.1 Å². The molecule has 0 amide bonds. The van der Waals surface area contributed by atoms with Crippen molar-refractivity contribution in [2.24, 2.45) is 5.92 Å². The molecule has 2 unspecified atom stereocenters. The third kappa shape index (κ3) is 6.85. The fourth-order valence-electron chi connectivity index (χ4n) is 3.34. The molecule has 0 radical (unpaired) electrons. The highest BCUT2D eigenvalue weighted by Gasteiger charge is 2.24. The second-order valence-electron chi connectivity index (χ2n) is 6.21. The van der Waals surface area contributed by atoms with E-state index < -0.39 is 0 Å². The molecule has 0 spiro atoms. The van der Waals surface area contributed by atoms with E-state index >= 15 is 0 Å². The molecule has 2 heteroatoms. The van der Waals surface area contributed by atoms with Crippen molar-refractivity contribution in [2.45, 2.75) is 50.7 Å². The minimum Gasteiger partial charge on any atom is -0.198 e. The van der Waals surface area contributed by atoms with Crippen LogP contribution in [0.5, 0.6) is 0 Å². The molecule has 0 heterocycles. The zero-order chi connectivity index (χ0) is 18.5. The largest absolute Gasteiger partial charge is 0.198 e. The van der Waals surface area contributed by atoms with Gasteiger partial charge in [0.15, 0.2) is 0 Å². The number of benzene rings is 1. The summed E-state index contributed by atoms with van der Waals surface area (Å²) in [5.74, 6) is 1.77. The van der Waals surface area contributed by atoms with Gasteiger partial charge in [-0.05, 0) is 54.6 Å². The van der Waals surface area contributed by atoms with Crippen LogP contribution in [-0.2, 0) is 6.42 Å². The van der Waals surface area contributed by atoms with Crippen LogP contribution in [0.4, 0.5) is 0 Å². The summed E-state index contributed by atoms with van der Waals surface area (Å²) in [6, 6.07) is 11.2. The molecular formula is C23H29NS. The van der Waals surface area contributed by atoms with E-state index in [0.717, 1.165) is 18.6 Å². The average Bonchev–Trinajstić information content (AvgIpc) is 2.67. The minimum atomic E-state index is 0.617. The highest BCUT2D eigenvalue weighted by molar-refractivity contribution is 7.99. The molecule has 0 aromatic heterocycles. The molecule has 25 heavy (non-hydrogen) atoms. The molecular weight excluding hydrogens is 322 g/mol. The number of hydrogen-bond acceptors (Lipinski definition) is 2. The molecule has 1 aromatic rings. The van der Waals surface area contributed by atoms with Gasteiger partial charge < -0.3 is 0 Å². The van der Waals surface area contributed by atoms with E-state index in [1.165, 1.54) is 42.4 Å². The van der Waals surface area contributed by atoms with Gasteiger partial charge in [-0.15, -0.1) is 12.8 Å². The lowest BCUT2D eigenvalue weighted by Gasteiger charge is -2.29. The van der Waals surface area contributed by atoms with Crippen molar-refractivity contribution < 1.29 is 0 Å². The first-order chi connectivity index (χ1) is 12.3.